The Hall–Kier alpha value is -0.610. The molecule has 1 fully saturated rings. The highest BCUT2D eigenvalue weighted by Gasteiger charge is 2.23. The van der Waals surface area contributed by atoms with Crippen molar-refractivity contribution in [2.24, 2.45) is 0 Å². The minimum absolute atomic E-state index is 0.261. The highest BCUT2D eigenvalue weighted by molar-refractivity contribution is 5.66. The summed E-state index contributed by atoms with van der Waals surface area (Å²) in [6.45, 7) is 6.92. The maximum Gasteiger partial charge on any atom is 0.303 e. The second-order valence-corrected chi connectivity index (χ2v) is 4.50. The van der Waals surface area contributed by atoms with E-state index in [4.69, 9.17) is 9.84 Å². The van der Waals surface area contributed by atoms with Crippen molar-refractivity contribution in [3.63, 3.8) is 0 Å². The van der Waals surface area contributed by atoms with Crippen molar-refractivity contribution in [2.45, 2.75) is 51.7 Å². The van der Waals surface area contributed by atoms with E-state index in [1.54, 1.807) is 0 Å². The number of hydrogen-bond acceptors (Lipinski definition) is 3. The Kier molecular flexibility index (Phi) is 5.77. The predicted octanol–water partition coefficient (Wildman–Crippen LogP) is 1.74. The van der Waals surface area contributed by atoms with Crippen LogP contribution in [0.15, 0.2) is 0 Å². The number of piperidine rings is 1. The molecule has 0 amide bonds. The first-order valence-corrected chi connectivity index (χ1v) is 6.21. The molecule has 1 aliphatic heterocycles. The van der Waals surface area contributed by atoms with Crippen LogP contribution in [0.4, 0.5) is 0 Å². The van der Waals surface area contributed by atoms with Crippen LogP contribution in [0.5, 0.6) is 0 Å². The molecule has 4 nitrogen and oxygen atoms in total. The summed E-state index contributed by atoms with van der Waals surface area (Å²) in [5, 5.41) is 8.65. The Morgan fingerprint density at radius 1 is 1.62 bits per heavy atom. The summed E-state index contributed by atoms with van der Waals surface area (Å²) in [7, 11) is 0. The van der Waals surface area contributed by atoms with Gasteiger partial charge in [0.1, 0.15) is 0 Å². The molecule has 0 aromatic heterocycles. The first-order valence-electron chi connectivity index (χ1n) is 6.21. The van der Waals surface area contributed by atoms with E-state index in [1.165, 1.54) is 0 Å². The summed E-state index contributed by atoms with van der Waals surface area (Å²) in [6, 6.07) is 0.347. The molecule has 2 atom stereocenters. The van der Waals surface area contributed by atoms with Crippen LogP contribution in [0.3, 0.4) is 0 Å². The zero-order valence-corrected chi connectivity index (χ0v) is 10.3. The number of aliphatic carboxylic acids is 1. The molecule has 1 heterocycles. The molecule has 1 N–H and O–H groups in total. The molecule has 2 unspecified atom stereocenters. The van der Waals surface area contributed by atoms with Gasteiger partial charge in [0.05, 0.1) is 6.10 Å². The van der Waals surface area contributed by atoms with Gasteiger partial charge < -0.3 is 9.84 Å². The van der Waals surface area contributed by atoms with Crippen molar-refractivity contribution in [3.8, 4) is 0 Å². The maximum absolute atomic E-state index is 10.5. The quantitative estimate of drug-likeness (QED) is 0.753. The summed E-state index contributed by atoms with van der Waals surface area (Å²) in [4.78, 5) is 12.9. The molecule has 94 valence electrons. The topological polar surface area (TPSA) is 49.8 Å². The van der Waals surface area contributed by atoms with Crippen molar-refractivity contribution in [3.05, 3.63) is 0 Å². The molecule has 0 saturated carbocycles. The van der Waals surface area contributed by atoms with Gasteiger partial charge in [0.15, 0.2) is 0 Å². The largest absolute Gasteiger partial charge is 0.481 e. The molecule has 0 radical (unpaired) electrons. The molecular weight excluding hydrogens is 206 g/mol. The SMILES string of the molecule is CCOC1CCCN(C(C)CCC(=O)O)C1. The summed E-state index contributed by atoms with van der Waals surface area (Å²) in [6.07, 6.45) is 3.62. The molecular formula is C12H23NO3. The standard InChI is InChI=1S/C12H23NO3/c1-3-16-11-5-4-8-13(9-11)10(2)6-7-12(14)15/h10-11H,3-9H2,1-2H3,(H,14,15). The molecule has 1 aliphatic rings. The molecule has 0 aromatic carbocycles. The monoisotopic (exact) mass is 229 g/mol. The summed E-state index contributed by atoms with van der Waals surface area (Å²) in [5.41, 5.74) is 0. The zero-order valence-electron chi connectivity index (χ0n) is 10.3. The number of hydrogen-bond donors (Lipinski definition) is 1. The molecule has 0 bridgehead atoms. The van der Waals surface area contributed by atoms with Gasteiger partial charge >= 0.3 is 5.97 Å². The molecule has 0 aliphatic carbocycles. The van der Waals surface area contributed by atoms with Crippen LogP contribution in [0.2, 0.25) is 0 Å². The highest BCUT2D eigenvalue weighted by Crippen LogP contribution is 2.17. The first kappa shape index (κ1) is 13.5. The van der Waals surface area contributed by atoms with Crippen LogP contribution >= 0.6 is 0 Å². The minimum Gasteiger partial charge on any atom is -0.481 e. The average Bonchev–Trinajstić information content (AvgIpc) is 2.26. The normalized spacial score (nSPS) is 24.2. The van der Waals surface area contributed by atoms with Gasteiger partial charge in [0, 0.05) is 25.6 Å². The van der Waals surface area contributed by atoms with Crippen molar-refractivity contribution in [1.29, 1.82) is 0 Å². The molecule has 4 heteroatoms. The van der Waals surface area contributed by atoms with E-state index in [1.807, 2.05) is 6.92 Å². The van der Waals surface area contributed by atoms with Gasteiger partial charge in [-0.2, -0.15) is 0 Å². The number of carboxylic acids is 1. The molecule has 1 saturated heterocycles. The third-order valence-electron chi connectivity index (χ3n) is 3.21. The van der Waals surface area contributed by atoms with Gasteiger partial charge in [-0.15, -0.1) is 0 Å². The summed E-state index contributed by atoms with van der Waals surface area (Å²) in [5.74, 6) is -0.704. The van der Waals surface area contributed by atoms with Crippen molar-refractivity contribution < 1.29 is 14.6 Å². The van der Waals surface area contributed by atoms with E-state index in [0.29, 0.717) is 12.1 Å². The van der Waals surface area contributed by atoms with Crippen LogP contribution in [0, 0.1) is 0 Å². The molecule has 0 aromatic rings. The fourth-order valence-electron chi connectivity index (χ4n) is 2.25. The van der Waals surface area contributed by atoms with Gasteiger partial charge in [0.2, 0.25) is 0 Å². The number of nitrogens with zero attached hydrogens (tertiary/aromatic N) is 1. The van der Waals surface area contributed by atoms with Gasteiger partial charge in [-0.1, -0.05) is 0 Å². The van der Waals surface area contributed by atoms with Crippen molar-refractivity contribution in [1.82, 2.24) is 4.90 Å². The van der Waals surface area contributed by atoms with E-state index in [9.17, 15) is 4.79 Å². The average molecular weight is 229 g/mol. The number of carbonyl (C=O) groups is 1. The highest BCUT2D eigenvalue weighted by atomic mass is 16.5. The zero-order chi connectivity index (χ0) is 12.0. The lowest BCUT2D eigenvalue weighted by Crippen LogP contribution is -2.44. The molecule has 16 heavy (non-hydrogen) atoms. The van der Waals surface area contributed by atoms with Gasteiger partial charge in [-0.05, 0) is 39.7 Å². The number of rotatable bonds is 6. The lowest BCUT2D eigenvalue weighted by atomic mass is 10.0. The fourth-order valence-corrected chi connectivity index (χ4v) is 2.25. The van der Waals surface area contributed by atoms with E-state index in [2.05, 4.69) is 11.8 Å². The Labute approximate surface area is 97.6 Å². The third kappa shape index (κ3) is 4.49. The third-order valence-corrected chi connectivity index (χ3v) is 3.21. The Balaban J connectivity index is 2.31. The lowest BCUT2D eigenvalue weighted by Gasteiger charge is -2.36. The predicted molar refractivity (Wildman–Crippen MR) is 62.6 cm³/mol. The van der Waals surface area contributed by atoms with Crippen molar-refractivity contribution >= 4 is 5.97 Å². The first-order chi connectivity index (χ1) is 7.63. The summed E-state index contributed by atoms with van der Waals surface area (Å²) >= 11 is 0. The van der Waals surface area contributed by atoms with Gasteiger partial charge in [-0.3, -0.25) is 9.69 Å². The van der Waals surface area contributed by atoms with E-state index >= 15 is 0 Å². The second kappa shape index (κ2) is 6.86. The van der Waals surface area contributed by atoms with Crippen LogP contribution in [0.25, 0.3) is 0 Å². The summed E-state index contributed by atoms with van der Waals surface area (Å²) < 4.78 is 5.63. The Morgan fingerprint density at radius 3 is 3.00 bits per heavy atom. The number of ether oxygens (including phenoxy) is 1. The fraction of sp³-hybridized carbons (Fsp3) is 0.917. The van der Waals surface area contributed by atoms with Crippen LogP contribution in [0.1, 0.15) is 39.5 Å². The van der Waals surface area contributed by atoms with E-state index < -0.39 is 5.97 Å². The minimum atomic E-state index is -0.704. The lowest BCUT2D eigenvalue weighted by molar-refractivity contribution is -0.137. The van der Waals surface area contributed by atoms with E-state index in [-0.39, 0.29) is 6.42 Å². The van der Waals surface area contributed by atoms with Gasteiger partial charge in [-0.25, -0.2) is 0 Å². The number of carboxylic acid groups (broad SMARTS) is 1. The van der Waals surface area contributed by atoms with Crippen LogP contribution in [-0.2, 0) is 9.53 Å². The smallest absolute Gasteiger partial charge is 0.303 e. The van der Waals surface area contributed by atoms with Crippen molar-refractivity contribution in [2.75, 3.05) is 19.7 Å². The maximum atomic E-state index is 10.5. The Morgan fingerprint density at radius 2 is 2.38 bits per heavy atom. The van der Waals surface area contributed by atoms with E-state index in [0.717, 1.165) is 39.0 Å². The Bertz CT molecular complexity index is 218. The molecule has 1 rings (SSSR count). The second-order valence-electron chi connectivity index (χ2n) is 4.50. The van der Waals surface area contributed by atoms with Crippen LogP contribution in [-0.4, -0.2) is 47.8 Å². The molecule has 0 spiro atoms. The van der Waals surface area contributed by atoms with Crippen LogP contribution < -0.4 is 0 Å². The van der Waals surface area contributed by atoms with Gasteiger partial charge in [0.25, 0.3) is 0 Å². The number of likely N-dealkylation sites (tertiary alicyclic amines) is 1.